The molecule has 1 atom stereocenters. The van der Waals surface area contributed by atoms with E-state index in [0.29, 0.717) is 44.4 Å². The molecule has 0 saturated carbocycles. The van der Waals surface area contributed by atoms with Crippen LogP contribution in [0.2, 0.25) is 5.02 Å². The van der Waals surface area contributed by atoms with Gasteiger partial charge in [-0.2, -0.15) is 0 Å². The van der Waals surface area contributed by atoms with Gasteiger partial charge >= 0.3 is 0 Å². The Morgan fingerprint density at radius 2 is 1.66 bits per heavy atom. The third-order valence-corrected chi connectivity index (χ3v) is 6.27. The van der Waals surface area contributed by atoms with Crippen LogP contribution in [0, 0.1) is 11.6 Å². The molecule has 184 valence electrons. The summed E-state index contributed by atoms with van der Waals surface area (Å²) in [5.41, 5.74) is 2.03. The number of halogens is 3. The summed E-state index contributed by atoms with van der Waals surface area (Å²) < 4.78 is 38.7. The Balaban J connectivity index is 1.39. The van der Waals surface area contributed by atoms with Crippen molar-refractivity contribution in [3.8, 4) is 5.75 Å². The van der Waals surface area contributed by atoms with E-state index in [1.54, 1.807) is 12.0 Å². The standard InChI is InChI=1S/C27H27ClF2N2O3/c1-34-25-4-2-3-19(13-25)18-35-26(20-5-7-22(28)8-6-20)17-31-9-11-32(12-10-31)27(33)21-14-23(29)16-24(30)15-21/h2-8,13-16,26H,9-12,17-18H2,1H3. The summed E-state index contributed by atoms with van der Waals surface area (Å²) >= 11 is 6.08. The molecule has 1 heterocycles. The lowest BCUT2D eigenvalue weighted by molar-refractivity contribution is 0.00336. The van der Waals surface area contributed by atoms with Crippen molar-refractivity contribution < 1.29 is 23.0 Å². The summed E-state index contributed by atoms with van der Waals surface area (Å²) in [4.78, 5) is 16.6. The van der Waals surface area contributed by atoms with Crippen LogP contribution in [-0.2, 0) is 11.3 Å². The smallest absolute Gasteiger partial charge is 0.254 e. The number of benzene rings is 3. The van der Waals surface area contributed by atoms with E-state index in [-0.39, 0.29) is 17.6 Å². The van der Waals surface area contributed by atoms with Crippen LogP contribution in [0.5, 0.6) is 5.75 Å². The van der Waals surface area contributed by atoms with E-state index in [2.05, 4.69) is 4.90 Å². The van der Waals surface area contributed by atoms with Gasteiger partial charge < -0.3 is 14.4 Å². The highest BCUT2D eigenvalue weighted by Crippen LogP contribution is 2.24. The first-order valence-corrected chi connectivity index (χ1v) is 11.8. The van der Waals surface area contributed by atoms with Gasteiger partial charge in [-0.05, 0) is 47.5 Å². The fourth-order valence-corrected chi connectivity index (χ4v) is 4.24. The van der Waals surface area contributed by atoms with Crippen molar-refractivity contribution in [3.63, 3.8) is 0 Å². The third kappa shape index (κ3) is 6.78. The van der Waals surface area contributed by atoms with E-state index < -0.39 is 11.6 Å². The maximum atomic E-state index is 13.5. The highest BCUT2D eigenvalue weighted by atomic mass is 35.5. The number of amides is 1. The summed E-state index contributed by atoms with van der Waals surface area (Å²) in [7, 11) is 1.63. The van der Waals surface area contributed by atoms with Crippen LogP contribution in [0.4, 0.5) is 8.78 Å². The molecule has 1 saturated heterocycles. The van der Waals surface area contributed by atoms with E-state index >= 15 is 0 Å². The maximum absolute atomic E-state index is 13.5. The molecule has 1 unspecified atom stereocenters. The monoisotopic (exact) mass is 500 g/mol. The van der Waals surface area contributed by atoms with Gasteiger partial charge in [-0.15, -0.1) is 0 Å². The SMILES string of the molecule is COc1cccc(COC(CN2CCN(C(=O)c3cc(F)cc(F)c3)CC2)c2ccc(Cl)cc2)c1. The minimum atomic E-state index is -0.758. The zero-order valence-corrected chi connectivity index (χ0v) is 20.2. The Kier molecular flexibility index (Phi) is 8.33. The summed E-state index contributed by atoms with van der Waals surface area (Å²) in [6.45, 7) is 3.20. The Morgan fingerprint density at radius 3 is 2.31 bits per heavy atom. The van der Waals surface area contributed by atoms with Crippen molar-refractivity contribution in [1.29, 1.82) is 0 Å². The van der Waals surface area contributed by atoms with Crippen LogP contribution in [0.3, 0.4) is 0 Å². The topological polar surface area (TPSA) is 42.0 Å². The number of ether oxygens (including phenoxy) is 2. The lowest BCUT2D eigenvalue weighted by atomic mass is 10.1. The molecule has 1 aliphatic rings. The number of carbonyl (C=O) groups excluding carboxylic acids is 1. The summed E-state index contributed by atoms with van der Waals surface area (Å²) in [6, 6.07) is 18.2. The molecule has 3 aromatic rings. The quantitative estimate of drug-likeness (QED) is 0.418. The van der Waals surface area contributed by atoms with E-state index in [1.807, 2.05) is 48.5 Å². The second kappa shape index (κ2) is 11.6. The van der Waals surface area contributed by atoms with Crippen LogP contribution in [0.15, 0.2) is 66.7 Å². The van der Waals surface area contributed by atoms with Gasteiger partial charge in [0.2, 0.25) is 0 Å². The molecule has 35 heavy (non-hydrogen) atoms. The first-order chi connectivity index (χ1) is 16.9. The lowest BCUT2D eigenvalue weighted by Crippen LogP contribution is -2.49. The molecule has 0 radical (unpaired) electrons. The minimum Gasteiger partial charge on any atom is -0.497 e. The maximum Gasteiger partial charge on any atom is 0.254 e. The molecular formula is C27H27ClF2N2O3. The predicted octanol–water partition coefficient (Wildman–Crippen LogP) is 5.34. The highest BCUT2D eigenvalue weighted by molar-refractivity contribution is 6.30. The van der Waals surface area contributed by atoms with Gasteiger partial charge in [-0.3, -0.25) is 9.69 Å². The molecule has 3 aromatic carbocycles. The molecule has 1 fully saturated rings. The first-order valence-electron chi connectivity index (χ1n) is 11.4. The number of piperazine rings is 1. The molecular weight excluding hydrogens is 474 g/mol. The lowest BCUT2D eigenvalue weighted by Gasteiger charge is -2.36. The van der Waals surface area contributed by atoms with Gasteiger partial charge in [0.05, 0.1) is 19.8 Å². The van der Waals surface area contributed by atoms with E-state index in [0.717, 1.165) is 35.1 Å². The van der Waals surface area contributed by atoms with Gasteiger partial charge in [0, 0.05) is 49.4 Å². The highest BCUT2D eigenvalue weighted by Gasteiger charge is 2.25. The van der Waals surface area contributed by atoms with E-state index in [1.165, 1.54) is 0 Å². The zero-order valence-electron chi connectivity index (χ0n) is 19.4. The summed E-state index contributed by atoms with van der Waals surface area (Å²) in [6.07, 6.45) is -0.210. The van der Waals surface area contributed by atoms with Crippen molar-refractivity contribution in [2.24, 2.45) is 0 Å². The molecule has 5 nitrogen and oxygen atoms in total. The Morgan fingerprint density at radius 1 is 0.971 bits per heavy atom. The van der Waals surface area contributed by atoms with Crippen LogP contribution in [-0.4, -0.2) is 55.5 Å². The fourth-order valence-electron chi connectivity index (χ4n) is 4.12. The average Bonchev–Trinajstić information content (AvgIpc) is 2.86. The van der Waals surface area contributed by atoms with Gasteiger partial charge in [0.1, 0.15) is 17.4 Å². The molecule has 8 heteroatoms. The van der Waals surface area contributed by atoms with Crippen molar-refractivity contribution in [2.45, 2.75) is 12.7 Å². The van der Waals surface area contributed by atoms with Crippen molar-refractivity contribution in [2.75, 3.05) is 39.8 Å². The number of nitrogens with zero attached hydrogens (tertiary/aromatic N) is 2. The van der Waals surface area contributed by atoms with Gasteiger partial charge in [-0.25, -0.2) is 8.78 Å². The zero-order chi connectivity index (χ0) is 24.8. The number of rotatable bonds is 8. The number of methoxy groups -OCH3 is 1. The second-order valence-corrected chi connectivity index (χ2v) is 8.89. The predicted molar refractivity (Wildman–Crippen MR) is 131 cm³/mol. The molecule has 0 bridgehead atoms. The molecule has 1 amide bonds. The number of hydrogen-bond acceptors (Lipinski definition) is 4. The van der Waals surface area contributed by atoms with Crippen LogP contribution in [0.1, 0.15) is 27.6 Å². The van der Waals surface area contributed by atoms with Crippen molar-refractivity contribution in [1.82, 2.24) is 9.80 Å². The molecule has 0 aromatic heterocycles. The average molecular weight is 501 g/mol. The van der Waals surface area contributed by atoms with Gasteiger partial charge in [0.15, 0.2) is 0 Å². The summed E-state index contributed by atoms with van der Waals surface area (Å²) in [5, 5.41) is 0.654. The molecule has 4 rings (SSSR count). The van der Waals surface area contributed by atoms with E-state index in [4.69, 9.17) is 21.1 Å². The first kappa shape index (κ1) is 25.1. The number of carbonyl (C=O) groups is 1. The van der Waals surface area contributed by atoms with Gasteiger partial charge in [-0.1, -0.05) is 35.9 Å². The normalized spacial score (nSPS) is 15.1. The van der Waals surface area contributed by atoms with Crippen molar-refractivity contribution in [3.05, 3.63) is 100 Å². The largest absolute Gasteiger partial charge is 0.497 e. The third-order valence-electron chi connectivity index (χ3n) is 6.02. The Hall–Kier alpha value is -3.00. The minimum absolute atomic E-state index is 0.0246. The van der Waals surface area contributed by atoms with Crippen LogP contribution >= 0.6 is 11.6 Å². The molecule has 0 spiro atoms. The Labute approximate surface area is 208 Å². The summed E-state index contributed by atoms with van der Waals surface area (Å²) in [5.74, 6) is -1.11. The van der Waals surface area contributed by atoms with Gasteiger partial charge in [0.25, 0.3) is 5.91 Å². The Bertz CT molecular complexity index is 1130. The molecule has 0 N–H and O–H groups in total. The molecule has 1 aliphatic heterocycles. The number of hydrogen-bond donors (Lipinski definition) is 0. The fraction of sp³-hybridized carbons (Fsp3) is 0.296. The molecule has 0 aliphatic carbocycles. The van der Waals surface area contributed by atoms with Crippen molar-refractivity contribution >= 4 is 17.5 Å². The van der Waals surface area contributed by atoms with Crippen LogP contribution < -0.4 is 4.74 Å². The second-order valence-electron chi connectivity index (χ2n) is 8.45. The van der Waals surface area contributed by atoms with E-state index in [9.17, 15) is 13.6 Å². The van der Waals surface area contributed by atoms with Crippen LogP contribution in [0.25, 0.3) is 0 Å².